The van der Waals surface area contributed by atoms with E-state index in [1.807, 2.05) is 62.6 Å². The second-order valence-electron chi connectivity index (χ2n) is 7.11. The predicted molar refractivity (Wildman–Crippen MR) is 106 cm³/mol. The maximum atomic E-state index is 12.3. The zero-order valence-electron chi connectivity index (χ0n) is 15.0. The van der Waals surface area contributed by atoms with E-state index in [1.165, 1.54) is 17.4 Å². The first kappa shape index (κ1) is 18.1. The monoisotopic (exact) mass is 367 g/mol. The SMILES string of the molecule is CC(C)(C)OC(=O)/C=C/c1csc(/C=C2\Cc3ccccc3NC2=O)c1. The van der Waals surface area contributed by atoms with E-state index in [0.29, 0.717) is 6.42 Å². The number of carbonyl (C=O) groups excluding carboxylic acids is 2. The largest absolute Gasteiger partial charge is 0.457 e. The molecule has 0 fully saturated rings. The average Bonchev–Trinajstić information content (AvgIpc) is 3.00. The minimum absolute atomic E-state index is 0.0667. The van der Waals surface area contributed by atoms with Crippen LogP contribution in [0.15, 0.2) is 47.4 Å². The van der Waals surface area contributed by atoms with Gasteiger partial charge < -0.3 is 10.1 Å². The maximum absolute atomic E-state index is 12.3. The smallest absolute Gasteiger partial charge is 0.331 e. The Balaban J connectivity index is 1.71. The van der Waals surface area contributed by atoms with Gasteiger partial charge in [0.15, 0.2) is 0 Å². The Morgan fingerprint density at radius 2 is 2.04 bits per heavy atom. The van der Waals surface area contributed by atoms with Crippen LogP contribution in [0.1, 0.15) is 36.8 Å². The summed E-state index contributed by atoms with van der Waals surface area (Å²) in [5.41, 5.74) is 3.12. The molecule has 2 heterocycles. The van der Waals surface area contributed by atoms with Crippen LogP contribution in [0.25, 0.3) is 12.2 Å². The number of hydrogen-bond donors (Lipinski definition) is 1. The Bertz CT molecular complexity index is 900. The number of rotatable bonds is 3. The van der Waals surface area contributed by atoms with Gasteiger partial charge in [0, 0.05) is 28.6 Å². The summed E-state index contributed by atoms with van der Waals surface area (Å²) in [5.74, 6) is -0.435. The van der Waals surface area contributed by atoms with E-state index in [-0.39, 0.29) is 11.9 Å². The molecule has 0 unspecified atom stereocenters. The second-order valence-corrected chi connectivity index (χ2v) is 8.05. The third-order valence-corrected chi connectivity index (χ3v) is 4.61. The molecule has 1 aliphatic heterocycles. The van der Waals surface area contributed by atoms with Gasteiger partial charge in [-0.15, -0.1) is 11.3 Å². The number of thiophene rings is 1. The van der Waals surface area contributed by atoms with Crippen molar-refractivity contribution in [2.45, 2.75) is 32.8 Å². The van der Waals surface area contributed by atoms with E-state index in [2.05, 4.69) is 5.32 Å². The predicted octanol–water partition coefficient (Wildman–Crippen LogP) is 4.68. The number of amides is 1. The molecular weight excluding hydrogens is 346 g/mol. The Morgan fingerprint density at radius 3 is 2.81 bits per heavy atom. The normalized spacial score (nSPS) is 15.8. The van der Waals surface area contributed by atoms with Crippen LogP contribution in [0.4, 0.5) is 5.69 Å². The van der Waals surface area contributed by atoms with Gasteiger partial charge in [0.1, 0.15) is 5.60 Å². The van der Waals surface area contributed by atoms with Gasteiger partial charge in [-0.25, -0.2) is 4.79 Å². The zero-order chi connectivity index (χ0) is 18.7. The number of nitrogens with one attached hydrogen (secondary N) is 1. The van der Waals surface area contributed by atoms with E-state index in [9.17, 15) is 9.59 Å². The molecule has 0 saturated carbocycles. The van der Waals surface area contributed by atoms with Crippen molar-refractivity contribution in [3.05, 3.63) is 63.4 Å². The van der Waals surface area contributed by atoms with Crippen molar-refractivity contribution in [3.8, 4) is 0 Å². The fourth-order valence-electron chi connectivity index (χ4n) is 2.60. The van der Waals surface area contributed by atoms with Crippen LogP contribution in [0, 0.1) is 0 Å². The van der Waals surface area contributed by atoms with Crippen LogP contribution in [-0.2, 0) is 20.7 Å². The molecule has 0 radical (unpaired) electrons. The summed E-state index contributed by atoms with van der Waals surface area (Å²) in [4.78, 5) is 25.0. The number of anilines is 1. The highest BCUT2D eigenvalue weighted by Crippen LogP contribution is 2.27. The molecule has 1 N–H and O–H groups in total. The van der Waals surface area contributed by atoms with E-state index in [1.54, 1.807) is 6.08 Å². The number of hydrogen-bond acceptors (Lipinski definition) is 4. The van der Waals surface area contributed by atoms with Crippen LogP contribution >= 0.6 is 11.3 Å². The van der Waals surface area contributed by atoms with E-state index in [0.717, 1.165) is 27.3 Å². The van der Waals surface area contributed by atoms with Gasteiger partial charge in [-0.2, -0.15) is 0 Å². The highest BCUT2D eigenvalue weighted by Gasteiger charge is 2.19. The van der Waals surface area contributed by atoms with E-state index >= 15 is 0 Å². The van der Waals surface area contributed by atoms with Crippen molar-refractivity contribution >= 4 is 41.1 Å². The molecule has 0 spiro atoms. The Kier molecular flexibility index (Phi) is 5.09. The molecule has 0 bridgehead atoms. The minimum atomic E-state index is -0.504. The lowest BCUT2D eigenvalue weighted by molar-refractivity contribution is -0.148. The lowest BCUT2D eigenvalue weighted by Gasteiger charge is -2.18. The molecule has 1 aromatic carbocycles. The first-order valence-electron chi connectivity index (χ1n) is 8.39. The average molecular weight is 367 g/mol. The van der Waals surface area contributed by atoms with Crippen molar-refractivity contribution in [1.29, 1.82) is 0 Å². The highest BCUT2D eigenvalue weighted by molar-refractivity contribution is 7.11. The molecule has 26 heavy (non-hydrogen) atoms. The lowest BCUT2D eigenvalue weighted by Crippen LogP contribution is -2.22. The van der Waals surface area contributed by atoms with Crippen molar-refractivity contribution in [3.63, 3.8) is 0 Å². The topological polar surface area (TPSA) is 55.4 Å². The van der Waals surface area contributed by atoms with Gasteiger partial charge in [0.25, 0.3) is 5.91 Å². The molecule has 3 rings (SSSR count). The summed E-state index contributed by atoms with van der Waals surface area (Å²) >= 11 is 1.53. The fourth-order valence-corrected chi connectivity index (χ4v) is 3.44. The maximum Gasteiger partial charge on any atom is 0.331 e. The van der Waals surface area contributed by atoms with Crippen LogP contribution in [0.5, 0.6) is 0 Å². The molecule has 2 aromatic rings. The van der Waals surface area contributed by atoms with E-state index < -0.39 is 5.60 Å². The highest BCUT2D eigenvalue weighted by atomic mass is 32.1. The Hall–Kier alpha value is -2.66. The summed E-state index contributed by atoms with van der Waals surface area (Å²) < 4.78 is 5.25. The summed E-state index contributed by atoms with van der Waals surface area (Å²) in [5, 5.41) is 4.87. The number of carbonyl (C=O) groups is 2. The van der Waals surface area contributed by atoms with Crippen LogP contribution in [0.2, 0.25) is 0 Å². The standard InChI is InChI=1S/C21H21NO3S/c1-21(2,3)25-19(23)9-8-14-10-17(26-13-14)12-16-11-15-6-4-5-7-18(15)22-20(16)24/h4-10,12-13H,11H2,1-3H3,(H,22,24)/b9-8+,16-12+. The molecule has 0 aliphatic carbocycles. The lowest BCUT2D eigenvalue weighted by atomic mass is 9.98. The zero-order valence-corrected chi connectivity index (χ0v) is 15.9. The third kappa shape index (κ3) is 4.70. The summed E-state index contributed by atoms with van der Waals surface area (Å²) in [6, 6.07) is 9.77. The van der Waals surface area contributed by atoms with Crippen LogP contribution < -0.4 is 5.32 Å². The second kappa shape index (κ2) is 7.30. The summed E-state index contributed by atoms with van der Waals surface area (Å²) in [6.45, 7) is 5.50. The van der Waals surface area contributed by atoms with Gasteiger partial charge in [-0.1, -0.05) is 18.2 Å². The Labute approximate surface area is 157 Å². The summed E-state index contributed by atoms with van der Waals surface area (Å²) in [6.07, 6.45) is 5.67. The molecule has 4 nitrogen and oxygen atoms in total. The Morgan fingerprint density at radius 1 is 1.27 bits per heavy atom. The molecule has 0 atom stereocenters. The molecule has 134 valence electrons. The summed E-state index contributed by atoms with van der Waals surface area (Å²) in [7, 11) is 0. The van der Waals surface area contributed by atoms with Crippen molar-refractivity contribution in [2.24, 2.45) is 0 Å². The van der Waals surface area contributed by atoms with Crippen molar-refractivity contribution in [1.82, 2.24) is 0 Å². The van der Waals surface area contributed by atoms with Crippen LogP contribution in [-0.4, -0.2) is 17.5 Å². The number of esters is 1. The quantitative estimate of drug-likeness (QED) is 0.633. The van der Waals surface area contributed by atoms with Crippen molar-refractivity contribution < 1.29 is 14.3 Å². The van der Waals surface area contributed by atoms with Gasteiger partial charge in [-0.3, -0.25) is 4.79 Å². The molecule has 0 saturated heterocycles. The van der Waals surface area contributed by atoms with Crippen LogP contribution in [0.3, 0.4) is 0 Å². The molecular formula is C21H21NO3S. The first-order chi connectivity index (χ1) is 12.3. The number of benzene rings is 1. The van der Waals surface area contributed by atoms with Gasteiger partial charge in [0.05, 0.1) is 0 Å². The minimum Gasteiger partial charge on any atom is -0.457 e. The molecule has 5 heteroatoms. The molecule has 1 amide bonds. The molecule has 1 aromatic heterocycles. The third-order valence-electron chi connectivity index (χ3n) is 3.71. The number of para-hydroxylation sites is 1. The fraction of sp³-hybridized carbons (Fsp3) is 0.238. The van der Waals surface area contributed by atoms with Gasteiger partial charge >= 0.3 is 5.97 Å². The van der Waals surface area contributed by atoms with Crippen molar-refractivity contribution in [2.75, 3.05) is 5.32 Å². The number of ether oxygens (including phenoxy) is 1. The van der Waals surface area contributed by atoms with Gasteiger partial charge in [-0.05, 0) is 61.6 Å². The number of fused-ring (bicyclic) bond motifs is 1. The first-order valence-corrected chi connectivity index (χ1v) is 9.27. The van der Waals surface area contributed by atoms with E-state index in [4.69, 9.17) is 4.74 Å². The van der Waals surface area contributed by atoms with Gasteiger partial charge in [0.2, 0.25) is 0 Å². The molecule has 1 aliphatic rings.